The van der Waals surface area contributed by atoms with Crippen LogP contribution in [0.5, 0.6) is 0 Å². The lowest BCUT2D eigenvalue weighted by Gasteiger charge is -2.38. The summed E-state index contributed by atoms with van der Waals surface area (Å²) in [6.45, 7) is 5.04. The number of anilines is 1. The van der Waals surface area contributed by atoms with E-state index in [-0.39, 0.29) is 0 Å². The molecule has 0 bridgehead atoms. The number of nitrogens with zero attached hydrogens (tertiary/aromatic N) is 4. The summed E-state index contributed by atoms with van der Waals surface area (Å²) < 4.78 is 0. The largest absolute Gasteiger partial charge is 0.353 e. The summed E-state index contributed by atoms with van der Waals surface area (Å²) in [7, 11) is 2.14. The van der Waals surface area contributed by atoms with Gasteiger partial charge in [0.1, 0.15) is 11.9 Å². The smallest absolute Gasteiger partial charge is 0.147 e. The summed E-state index contributed by atoms with van der Waals surface area (Å²) >= 11 is 0. The molecule has 0 aliphatic carbocycles. The second-order valence-electron chi connectivity index (χ2n) is 5.44. The van der Waals surface area contributed by atoms with Gasteiger partial charge in [0.05, 0.1) is 11.1 Å². The topological polar surface area (TPSA) is 43.2 Å². The van der Waals surface area contributed by atoms with Gasteiger partial charge in [0.25, 0.3) is 0 Å². The molecular formula is C16H18N4. The van der Waals surface area contributed by atoms with Gasteiger partial charge < -0.3 is 9.80 Å². The number of hydrogen-bond donors (Lipinski definition) is 0. The third-order valence-electron chi connectivity index (χ3n) is 4.08. The minimum Gasteiger partial charge on any atom is -0.353 e. The van der Waals surface area contributed by atoms with E-state index in [1.165, 1.54) is 0 Å². The molecule has 1 atom stereocenters. The van der Waals surface area contributed by atoms with Crippen LogP contribution < -0.4 is 4.90 Å². The first kappa shape index (κ1) is 12.9. The van der Waals surface area contributed by atoms with Crippen molar-refractivity contribution in [1.29, 1.82) is 5.26 Å². The molecule has 0 radical (unpaired) electrons. The van der Waals surface area contributed by atoms with Gasteiger partial charge in [-0.1, -0.05) is 18.2 Å². The zero-order valence-corrected chi connectivity index (χ0v) is 11.9. The standard InChI is InChI=1S/C16H18N4/c1-12-11-20(8-7-19(12)2)16-14(10-17)9-13-5-3-4-6-15(13)18-16/h3-6,9,12H,7-8,11H2,1-2H3. The monoisotopic (exact) mass is 266 g/mol. The van der Waals surface area contributed by atoms with Gasteiger partial charge in [0, 0.05) is 31.1 Å². The Labute approximate surface area is 119 Å². The summed E-state index contributed by atoms with van der Waals surface area (Å²) in [5.41, 5.74) is 1.62. The third-order valence-corrected chi connectivity index (χ3v) is 4.08. The van der Waals surface area contributed by atoms with Crippen molar-refractivity contribution in [1.82, 2.24) is 9.88 Å². The van der Waals surface area contributed by atoms with Gasteiger partial charge >= 0.3 is 0 Å². The highest BCUT2D eigenvalue weighted by atomic mass is 15.3. The zero-order chi connectivity index (χ0) is 14.1. The molecule has 2 aromatic rings. The third kappa shape index (κ3) is 2.21. The highest BCUT2D eigenvalue weighted by molar-refractivity contribution is 5.83. The molecular weight excluding hydrogens is 248 g/mol. The van der Waals surface area contributed by atoms with Crippen molar-refractivity contribution < 1.29 is 0 Å². The number of likely N-dealkylation sites (N-methyl/N-ethyl adjacent to an activating group) is 1. The van der Waals surface area contributed by atoms with E-state index in [4.69, 9.17) is 4.98 Å². The molecule has 3 rings (SSSR count). The van der Waals surface area contributed by atoms with Gasteiger partial charge in [0.15, 0.2) is 0 Å². The molecule has 0 amide bonds. The van der Waals surface area contributed by atoms with Crippen molar-refractivity contribution in [2.24, 2.45) is 0 Å². The maximum Gasteiger partial charge on any atom is 0.147 e. The molecule has 0 N–H and O–H groups in total. The molecule has 1 aliphatic rings. The molecule has 20 heavy (non-hydrogen) atoms. The molecule has 1 aliphatic heterocycles. The number of aromatic nitrogens is 1. The van der Waals surface area contributed by atoms with Crippen LogP contribution in [0.1, 0.15) is 12.5 Å². The SMILES string of the molecule is CC1CN(c2nc3ccccc3cc2C#N)CCN1C. The van der Waals surface area contributed by atoms with Crippen molar-refractivity contribution in [3.8, 4) is 6.07 Å². The van der Waals surface area contributed by atoms with Crippen molar-refractivity contribution in [3.05, 3.63) is 35.9 Å². The molecule has 2 heterocycles. The number of rotatable bonds is 1. The maximum absolute atomic E-state index is 9.40. The molecule has 102 valence electrons. The van der Waals surface area contributed by atoms with Gasteiger partial charge in [-0.25, -0.2) is 4.98 Å². The zero-order valence-electron chi connectivity index (χ0n) is 11.9. The van der Waals surface area contributed by atoms with Crippen LogP contribution in [0.25, 0.3) is 10.9 Å². The molecule has 1 fully saturated rings. The van der Waals surface area contributed by atoms with Gasteiger partial charge in [-0.3, -0.25) is 0 Å². The molecule has 4 heteroatoms. The lowest BCUT2D eigenvalue weighted by atomic mass is 10.1. The van der Waals surface area contributed by atoms with Crippen LogP contribution in [0.15, 0.2) is 30.3 Å². The number of piperazine rings is 1. The Morgan fingerprint density at radius 2 is 2.10 bits per heavy atom. The average molecular weight is 266 g/mol. The second kappa shape index (κ2) is 5.10. The molecule has 0 saturated carbocycles. The first-order valence-corrected chi connectivity index (χ1v) is 6.94. The number of benzene rings is 1. The Kier molecular flexibility index (Phi) is 3.29. The van der Waals surface area contributed by atoms with Crippen LogP contribution >= 0.6 is 0 Å². The lowest BCUT2D eigenvalue weighted by Crippen LogP contribution is -2.50. The van der Waals surface area contributed by atoms with Gasteiger partial charge in [-0.15, -0.1) is 0 Å². The fraction of sp³-hybridized carbons (Fsp3) is 0.375. The van der Waals surface area contributed by atoms with E-state index in [1.807, 2.05) is 30.3 Å². The Morgan fingerprint density at radius 1 is 1.30 bits per heavy atom. The van der Waals surface area contributed by atoms with Crippen molar-refractivity contribution >= 4 is 16.7 Å². The second-order valence-corrected chi connectivity index (χ2v) is 5.44. The number of pyridine rings is 1. The number of fused-ring (bicyclic) bond motifs is 1. The first-order chi connectivity index (χ1) is 9.69. The van der Waals surface area contributed by atoms with E-state index >= 15 is 0 Å². The van der Waals surface area contributed by atoms with Crippen LogP contribution in [0.2, 0.25) is 0 Å². The van der Waals surface area contributed by atoms with Crippen LogP contribution in [-0.4, -0.2) is 42.6 Å². The molecule has 1 saturated heterocycles. The van der Waals surface area contributed by atoms with Crippen LogP contribution in [0.4, 0.5) is 5.82 Å². The predicted octanol–water partition coefficient (Wildman–Crippen LogP) is 2.25. The van der Waals surface area contributed by atoms with Gasteiger partial charge in [-0.2, -0.15) is 5.26 Å². The minimum absolute atomic E-state index is 0.476. The summed E-state index contributed by atoms with van der Waals surface area (Å²) in [6, 6.07) is 12.7. The highest BCUT2D eigenvalue weighted by Gasteiger charge is 2.23. The van der Waals surface area contributed by atoms with E-state index in [0.717, 1.165) is 36.4 Å². The van der Waals surface area contributed by atoms with E-state index in [9.17, 15) is 5.26 Å². The minimum atomic E-state index is 0.476. The van der Waals surface area contributed by atoms with E-state index < -0.39 is 0 Å². The molecule has 1 aromatic heterocycles. The van der Waals surface area contributed by atoms with E-state index in [1.54, 1.807) is 0 Å². The molecule has 4 nitrogen and oxygen atoms in total. The van der Waals surface area contributed by atoms with Crippen LogP contribution in [0, 0.1) is 11.3 Å². The number of hydrogen-bond acceptors (Lipinski definition) is 4. The molecule has 1 aromatic carbocycles. The van der Waals surface area contributed by atoms with Crippen LogP contribution in [-0.2, 0) is 0 Å². The Balaban J connectivity index is 2.04. The van der Waals surface area contributed by atoms with Crippen molar-refractivity contribution in [2.45, 2.75) is 13.0 Å². The van der Waals surface area contributed by atoms with Crippen molar-refractivity contribution in [2.75, 3.05) is 31.6 Å². The van der Waals surface area contributed by atoms with Crippen LogP contribution in [0.3, 0.4) is 0 Å². The lowest BCUT2D eigenvalue weighted by molar-refractivity contribution is 0.233. The summed E-state index contributed by atoms with van der Waals surface area (Å²) in [4.78, 5) is 9.28. The quantitative estimate of drug-likeness (QED) is 0.794. The molecule has 1 unspecified atom stereocenters. The number of para-hydroxylation sites is 1. The van der Waals surface area contributed by atoms with Gasteiger partial charge in [-0.05, 0) is 26.1 Å². The normalized spacial score (nSPS) is 20.1. The van der Waals surface area contributed by atoms with Gasteiger partial charge in [0.2, 0.25) is 0 Å². The summed E-state index contributed by atoms with van der Waals surface area (Å²) in [6.07, 6.45) is 0. The maximum atomic E-state index is 9.40. The number of nitriles is 1. The summed E-state index contributed by atoms with van der Waals surface area (Å²) in [5.74, 6) is 0.825. The Bertz CT molecular complexity index is 674. The van der Waals surface area contributed by atoms with Crippen molar-refractivity contribution in [3.63, 3.8) is 0 Å². The molecule has 0 spiro atoms. The fourth-order valence-electron chi connectivity index (χ4n) is 2.67. The fourth-order valence-corrected chi connectivity index (χ4v) is 2.67. The van der Waals surface area contributed by atoms with E-state index in [2.05, 4.69) is 29.8 Å². The highest BCUT2D eigenvalue weighted by Crippen LogP contribution is 2.24. The Hall–Kier alpha value is -2.12. The predicted molar refractivity (Wildman–Crippen MR) is 80.8 cm³/mol. The first-order valence-electron chi connectivity index (χ1n) is 6.94. The van der Waals surface area contributed by atoms with E-state index in [0.29, 0.717) is 11.6 Å². The summed E-state index contributed by atoms with van der Waals surface area (Å²) in [5, 5.41) is 10.4. The average Bonchev–Trinajstić information content (AvgIpc) is 2.48. The Morgan fingerprint density at radius 3 is 2.85 bits per heavy atom.